The third-order valence-corrected chi connectivity index (χ3v) is 7.35. The predicted molar refractivity (Wildman–Crippen MR) is 115 cm³/mol. The molecule has 2 nitrogen and oxygen atoms in total. The van der Waals surface area contributed by atoms with Gasteiger partial charge in [-0.1, -0.05) is 57.0 Å². The van der Waals surface area contributed by atoms with Gasteiger partial charge >= 0.3 is 0 Å². The molecule has 4 heteroatoms. The van der Waals surface area contributed by atoms with Crippen LogP contribution in [-0.4, -0.2) is 18.4 Å². The number of thioether (sulfide) groups is 1. The van der Waals surface area contributed by atoms with Crippen molar-refractivity contribution in [1.82, 2.24) is 5.32 Å². The summed E-state index contributed by atoms with van der Waals surface area (Å²) >= 11 is 5.64. The number of unbranched alkanes of at least 4 members (excludes halogenated alkanes) is 1. The van der Waals surface area contributed by atoms with E-state index in [-0.39, 0.29) is 11.6 Å². The van der Waals surface area contributed by atoms with Gasteiger partial charge in [0, 0.05) is 16.2 Å². The maximum absolute atomic E-state index is 5.60. The third-order valence-electron chi connectivity index (χ3n) is 5.37. The molecule has 0 saturated carbocycles. The minimum Gasteiger partial charge on any atom is -0.496 e. The molecule has 0 bridgehead atoms. The molecule has 2 aromatic rings. The largest absolute Gasteiger partial charge is 0.496 e. The van der Waals surface area contributed by atoms with Gasteiger partial charge in [0.05, 0.1) is 17.6 Å². The summed E-state index contributed by atoms with van der Waals surface area (Å²) in [5.41, 5.74) is 2.78. The van der Waals surface area contributed by atoms with Crippen LogP contribution in [0.4, 0.5) is 0 Å². The average molecular weight is 434 g/mol. The summed E-state index contributed by atoms with van der Waals surface area (Å²) in [6.45, 7) is 4.59. The topological polar surface area (TPSA) is 21.3 Å². The SMILES string of the molecule is CCCC[C@]1(CC)CSc2cc(Br)c(OC)cc2[C@@H](c2ccccc2)N1. The predicted octanol–water partition coefficient (Wildman–Crippen LogP) is 6.58. The maximum atomic E-state index is 5.60. The highest BCUT2D eigenvalue weighted by atomic mass is 79.9. The van der Waals surface area contributed by atoms with Crippen molar-refractivity contribution < 1.29 is 4.74 Å². The van der Waals surface area contributed by atoms with Gasteiger partial charge in [-0.05, 0) is 52.0 Å². The Morgan fingerprint density at radius 3 is 2.65 bits per heavy atom. The van der Waals surface area contributed by atoms with E-state index in [1.165, 1.54) is 35.3 Å². The van der Waals surface area contributed by atoms with Crippen molar-refractivity contribution in [1.29, 1.82) is 0 Å². The van der Waals surface area contributed by atoms with E-state index in [1.54, 1.807) is 7.11 Å². The number of fused-ring (bicyclic) bond motifs is 1. The highest BCUT2D eigenvalue weighted by molar-refractivity contribution is 9.10. The third kappa shape index (κ3) is 4.13. The summed E-state index contributed by atoms with van der Waals surface area (Å²) in [6.07, 6.45) is 4.83. The van der Waals surface area contributed by atoms with Crippen LogP contribution in [0.15, 0.2) is 51.8 Å². The quantitative estimate of drug-likeness (QED) is 0.555. The van der Waals surface area contributed by atoms with Gasteiger partial charge in [0.2, 0.25) is 0 Å². The number of methoxy groups -OCH3 is 1. The number of nitrogens with one attached hydrogen (secondary N) is 1. The van der Waals surface area contributed by atoms with E-state index in [9.17, 15) is 0 Å². The Balaban J connectivity index is 2.09. The van der Waals surface area contributed by atoms with Crippen LogP contribution in [0.1, 0.15) is 56.7 Å². The molecule has 1 aliphatic rings. The second-order valence-corrected chi connectivity index (χ2v) is 8.91. The number of ether oxygens (including phenoxy) is 1. The number of rotatable bonds is 6. The Labute approximate surface area is 170 Å². The molecule has 1 N–H and O–H groups in total. The summed E-state index contributed by atoms with van der Waals surface area (Å²) in [7, 11) is 1.73. The Morgan fingerprint density at radius 2 is 2.00 bits per heavy atom. The molecule has 0 unspecified atom stereocenters. The normalized spacial score (nSPS) is 22.5. The van der Waals surface area contributed by atoms with Crippen LogP contribution in [0.2, 0.25) is 0 Å². The molecule has 0 saturated heterocycles. The first-order valence-corrected chi connectivity index (χ1v) is 11.2. The Hall–Kier alpha value is -0.970. The first-order chi connectivity index (χ1) is 12.6. The summed E-state index contributed by atoms with van der Waals surface area (Å²) in [5, 5.41) is 4.07. The van der Waals surface area contributed by atoms with Crippen molar-refractivity contribution in [3.05, 3.63) is 58.1 Å². The lowest BCUT2D eigenvalue weighted by molar-refractivity contribution is 0.297. The Morgan fingerprint density at radius 1 is 1.23 bits per heavy atom. The monoisotopic (exact) mass is 433 g/mol. The molecule has 0 fully saturated rings. The fourth-order valence-corrected chi connectivity index (χ4v) is 5.71. The highest BCUT2D eigenvalue weighted by Gasteiger charge is 2.35. The molecule has 2 atom stereocenters. The van der Waals surface area contributed by atoms with Gasteiger partial charge < -0.3 is 4.74 Å². The molecule has 0 amide bonds. The first-order valence-electron chi connectivity index (χ1n) is 9.45. The number of hydrogen-bond donors (Lipinski definition) is 1. The van der Waals surface area contributed by atoms with Crippen molar-refractivity contribution in [2.75, 3.05) is 12.9 Å². The van der Waals surface area contributed by atoms with Crippen molar-refractivity contribution in [2.24, 2.45) is 0 Å². The summed E-state index contributed by atoms with van der Waals surface area (Å²) < 4.78 is 6.62. The minimum atomic E-state index is 0.153. The van der Waals surface area contributed by atoms with Crippen molar-refractivity contribution in [3.63, 3.8) is 0 Å². The minimum absolute atomic E-state index is 0.153. The van der Waals surface area contributed by atoms with Crippen LogP contribution in [-0.2, 0) is 0 Å². The number of hydrogen-bond acceptors (Lipinski definition) is 3. The lowest BCUT2D eigenvalue weighted by atomic mass is 9.88. The fourth-order valence-electron chi connectivity index (χ4n) is 3.65. The van der Waals surface area contributed by atoms with Gasteiger partial charge in [-0.3, -0.25) is 5.32 Å². The van der Waals surface area contributed by atoms with Crippen LogP contribution >= 0.6 is 27.7 Å². The van der Waals surface area contributed by atoms with E-state index in [0.717, 1.165) is 22.4 Å². The van der Waals surface area contributed by atoms with Crippen LogP contribution < -0.4 is 10.1 Å². The number of halogens is 1. The smallest absolute Gasteiger partial charge is 0.133 e. The zero-order valence-corrected chi connectivity index (χ0v) is 18.3. The summed E-state index contributed by atoms with van der Waals surface area (Å²) in [6, 6.07) is 15.4. The maximum Gasteiger partial charge on any atom is 0.133 e. The van der Waals surface area contributed by atoms with Gasteiger partial charge in [0.15, 0.2) is 0 Å². The van der Waals surface area contributed by atoms with E-state index in [1.807, 2.05) is 11.8 Å². The molecule has 0 spiro atoms. The van der Waals surface area contributed by atoms with Crippen LogP contribution in [0.5, 0.6) is 5.75 Å². The molecule has 26 heavy (non-hydrogen) atoms. The first kappa shape index (κ1) is 19.8. The molecule has 0 radical (unpaired) electrons. The molecule has 3 rings (SSSR count). The molecule has 0 aromatic heterocycles. The van der Waals surface area contributed by atoms with Crippen LogP contribution in [0.25, 0.3) is 0 Å². The van der Waals surface area contributed by atoms with Gasteiger partial charge in [0.1, 0.15) is 5.75 Å². The zero-order valence-electron chi connectivity index (χ0n) is 15.8. The molecule has 140 valence electrons. The van der Waals surface area contributed by atoms with E-state index < -0.39 is 0 Å². The van der Waals surface area contributed by atoms with Gasteiger partial charge in [0.25, 0.3) is 0 Å². The Kier molecular flexibility index (Phi) is 6.70. The lowest BCUT2D eigenvalue weighted by Gasteiger charge is -2.36. The standard InChI is InChI=1S/C22H28BrNOS/c1-4-6-12-22(5-2)15-26-20-14-18(23)19(25-3)13-17(20)21(24-22)16-10-8-7-9-11-16/h7-11,13-14,21,24H,4-6,12,15H2,1-3H3/t21-,22-/m1/s1. The number of benzene rings is 2. The van der Waals surface area contributed by atoms with Gasteiger partial charge in [-0.25, -0.2) is 0 Å². The van der Waals surface area contributed by atoms with E-state index in [0.29, 0.717) is 0 Å². The zero-order chi connectivity index (χ0) is 18.6. The fraction of sp³-hybridized carbons (Fsp3) is 0.455. The molecular weight excluding hydrogens is 406 g/mol. The molecule has 2 aromatic carbocycles. The van der Waals surface area contributed by atoms with Crippen molar-refractivity contribution in [2.45, 2.75) is 56.0 Å². The summed E-state index contributed by atoms with van der Waals surface area (Å²) in [5.74, 6) is 1.99. The van der Waals surface area contributed by atoms with E-state index >= 15 is 0 Å². The average Bonchev–Trinajstić information content (AvgIpc) is 2.84. The highest BCUT2D eigenvalue weighted by Crippen LogP contribution is 2.44. The van der Waals surface area contributed by atoms with Crippen LogP contribution in [0, 0.1) is 0 Å². The van der Waals surface area contributed by atoms with Gasteiger partial charge in [-0.2, -0.15) is 0 Å². The molecule has 1 aliphatic heterocycles. The lowest BCUT2D eigenvalue weighted by Crippen LogP contribution is -2.48. The molecule has 0 aliphatic carbocycles. The molecule has 1 heterocycles. The van der Waals surface area contributed by atoms with E-state index in [2.05, 4.69) is 77.6 Å². The second kappa shape index (κ2) is 8.81. The van der Waals surface area contributed by atoms with E-state index in [4.69, 9.17) is 4.74 Å². The second-order valence-electron chi connectivity index (χ2n) is 7.04. The summed E-state index contributed by atoms with van der Waals surface area (Å²) in [4.78, 5) is 1.34. The van der Waals surface area contributed by atoms with Crippen molar-refractivity contribution >= 4 is 27.7 Å². The molecular formula is C22H28BrNOS. The van der Waals surface area contributed by atoms with Gasteiger partial charge in [-0.15, -0.1) is 11.8 Å². The van der Waals surface area contributed by atoms with Crippen LogP contribution in [0.3, 0.4) is 0 Å². The Bertz CT molecular complexity index is 736. The van der Waals surface area contributed by atoms with Crippen molar-refractivity contribution in [3.8, 4) is 5.75 Å².